The number of imidazole rings is 1. The van der Waals surface area contributed by atoms with Crippen LogP contribution in [0.1, 0.15) is 5.76 Å². The Morgan fingerprint density at radius 3 is 2.52 bits per heavy atom. The second-order valence-electron chi connectivity index (χ2n) is 8.02. The van der Waals surface area contributed by atoms with Gasteiger partial charge >= 0.3 is 5.69 Å². The van der Waals surface area contributed by atoms with Crippen molar-refractivity contribution in [2.45, 2.75) is 6.54 Å². The zero-order chi connectivity index (χ0) is 23.1. The summed E-state index contributed by atoms with van der Waals surface area (Å²) in [5, 5.41) is 7.53. The molecule has 4 heterocycles. The van der Waals surface area contributed by atoms with Gasteiger partial charge in [0, 0.05) is 51.9 Å². The fourth-order valence-corrected chi connectivity index (χ4v) is 4.13. The first-order valence-electron chi connectivity index (χ1n) is 10.7. The molecule has 0 saturated carbocycles. The SMILES string of the molecule is COc1ccc(-c2cc(Cn3c(N4CCNCC4)nc4c3c(=O)n(C)c(=O)n4C)on2)cc1. The van der Waals surface area contributed by atoms with E-state index in [2.05, 4.69) is 15.4 Å². The molecule has 4 aromatic rings. The first-order chi connectivity index (χ1) is 16.0. The third-order valence-corrected chi connectivity index (χ3v) is 5.99. The Kier molecular flexibility index (Phi) is 5.25. The molecule has 1 aliphatic heterocycles. The van der Waals surface area contributed by atoms with Gasteiger partial charge < -0.3 is 19.5 Å². The number of aryl methyl sites for hydroxylation is 1. The minimum absolute atomic E-state index is 0.256. The molecule has 1 N–H and O–H groups in total. The summed E-state index contributed by atoms with van der Waals surface area (Å²) in [6, 6.07) is 9.39. The van der Waals surface area contributed by atoms with E-state index in [0.29, 0.717) is 28.6 Å². The van der Waals surface area contributed by atoms with Crippen molar-refractivity contribution in [3.8, 4) is 17.0 Å². The number of nitrogens with one attached hydrogen (secondary N) is 1. The second kappa shape index (κ2) is 8.24. The zero-order valence-electron chi connectivity index (χ0n) is 18.7. The normalized spacial score (nSPS) is 14.2. The van der Waals surface area contributed by atoms with Crippen molar-refractivity contribution in [3.05, 3.63) is 56.9 Å². The fourth-order valence-electron chi connectivity index (χ4n) is 4.13. The van der Waals surface area contributed by atoms with E-state index in [1.807, 2.05) is 34.9 Å². The third kappa shape index (κ3) is 3.59. The summed E-state index contributed by atoms with van der Waals surface area (Å²) in [6.07, 6.45) is 0. The molecule has 1 fully saturated rings. The lowest BCUT2D eigenvalue weighted by Gasteiger charge is -2.28. The highest BCUT2D eigenvalue weighted by Gasteiger charge is 2.24. The molecule has 0 bridgehead atoms. The van der Waals surface area contributed by atoms with Crippen LogP contribution in [0.25, 0.3) is 22.4 Å². The molecule has 5 rings (SSSR count). The number of aromatic nitrogens is 5. The number of rotatable bonds is 5. The number of ether oxygens (including phenoxy) is 1. The number of benzene rings is 1. The van der Waals surface area contributed by atoms with Crippen LogP contribution in [0.3, 0.4) is 0 Å². The van der Waals surface area contributed by atoms with Crippen LogP contribution in [-0.4, -0.2) is 57.1 Å². The van der Waals surface area contributed by atoms with E-state index in [9.17, 15) is 9.59 Å². The molecule has 3 aromatic heterocycles. The Labute approximate surface area is 188 Å². The number of fused-ring (bicyclic) bond motifs is 1. The van der Waals surface area contributed by atoms with Crippen molar-refractivity contribution in [2.24, 2.45) is 14.1 Å². The molecule has 0 amide bonds. The molecule has 1 aromatic carbocycles. The van der Waals surface area contributed by atoms with Crippen LogP contribution in [0.4, 0.5) is 5.95 Å². The predicted octanol–water partition coefficient (Wildman–Crippen LogP) is 0.555. The summed E-state index contributed by atoms with van der Waals surface area (Å²) < 4.78 is 15.2. The van der Waals surface area contributed by atoms with Crippen molar-refractivity contribution < 1.29 is 9.26 Å². The van der Waals surface area contributed by atoms with Gasteiger partial charge in [-0.05, 0) is 24.3 Å². The van der Waals surface area contributed by atoms with Crippen LogP contribution in [-0.2, 0) is 20.6 Å². The number of hydrogen-bond acceptors (Lipinski definition) is 8. The van der Waals surface area contributed by atoms with Crippen molar-refractivity contribution in [2.75, 3.05) is 38.2 Å². The maximum Gasteiger partial charge on any atom is 0.332 e. The quantitative estimate of drug-likeness (QED) is 0.468. The van der Waals surface area contributed by atoms with Crippen molar-refractivity contribution in [3.63, 3.8) is 0 Å². The molecule has 1 aliphatic rings. The summed E-state index contributed by atoms with van der Waals surface area (Å²) in [5.74, 6) is 1.97. The highest BCUT2D eigenvalue weighted by atomic mass is 16.5. The molecule has 0 aliphatic carbocycles. The van der Waals surface area contributed by atoms with Gasteiger partial charge in [-0.25, -0.2) is 4.79 Å². The molecule has 33 heavy (non-hydrogen) atoms. The molecule has 0 unspecified atom stereocenters. The van der Waals surface area contributed by atoms with Gasteiger partial charge in [0.1, 0.15) is 11.4 Å². The highest BCUT2D eigenvalue weighted by molar-refractivity contribution is 5.75. The van der Waals surface area contributed by atoms with E-state index in [4.69, 9.17) is 14.2 Å². The maximum atomic E-state index is 13.1. The lowest BCUT2D eigenvalue weighted by Crippen LogP contribution is -2.44. The average Bonchev–Trinajstić information content (AvgIpc) is 3.47. The van der Waals surface area contributed by atoms with Crippen molar-refractivity contribution in [1.82, 2.24) is 29.2 Å². The molecule has 1 saturated heterocycles. The molecule has 0 spiro atoms. The fraction of sp³-hybridized carbons (Fsp3) is 0.364. The van der Waals surface area contributed by atoms with E-state index in [1.165, 1.54) is 11.6 Å². The molecule has 0 radical (unpaired) electrons. The molecule has 0 atom stereocenters. The first kappa shape index (κ1) is 21.0. The van der Waals surface area contributed by atoms with Gasteiger partial charge in [-0.1, -0.05) is 5.16 Å². The van der Waals surface area contributed by atoms with E-state index in [1.54, 1.807) is 14.2 Å². The van der Waals surface area contributed by atoms with E-state index >= 15 is 0 Å². The number of nitrogens with zero attached hydrogens (tertiary/aromatic N) is 6. The summed E-state index contributed by atoms with van der Waals surface area (Å²) in [4.78, 5) is 32.4. The van der Waals surface area contributed by atoms with Crippen LogP contribution in [0.2, 0.25) is 0 Å². The maximum absolute atomic E-state index is 13.1. The topological polar surface area (TPSA) is 112 Å². The van der Waals surface area contributed by atoms with Gasteiger partial charge in [-0.3, -0.25) is 18.5 Å². The van der Waals surface area contributed by atoms with Gasteiger partial charge in [0.2, 0.25) is 5.95 Å². The van der Waals surface area contributed by atoms with Crippen LogP contribution in [0, 0.1) is 0 Å². The van der Waals surface area contributed by atoms with E-state index in [-0.39, 0.29) is 6.54 Å². The van der Waals surface area contributed by atoms with Gasteiger partial charge in [0.15, 0.2) is 16.9 Å². The molecular weight excluding hydrogens is 426 g/mol. The van der Waals surface area contributed by atoms with Crippen LogP contribution in [0.5, 0.6) is 5.75 Å². The summed E-state index contributed by atoms with van der Waals surface area (Å²) in [6.45, 7) is 3.36. The van der Waals surface area contributed by atoms with Crippen LogP contribution in [0.15, 0.2) is 44.4 Å². The van der Waals surface area contributed by atoms with Crippen LogP contribution >= 0.6 is 0 Å². The monoisotopic (exact) mass is 451 g/mol. The molecule has 11 nitrogen and oxygen atoms in total. The summed E-state index contributed by atoms with van der Waals surface area (Å²) in [7, 11) is 4.72. The molecular formula is C22H25N7O4. The number of piperazine rings is 1. The Morgan fingerprint density at radius 1 is 1.09 bits per heavy atom. The van der Waals surface area contributed by atoms with Crippen LogP contribution < -0.4 is 26.2 Å². The van der Waals surface area contributed by atoms with Gasteiger partial charge in [-0.15, -0.1) is 0 Å². The lowest BCUT2D eigenvalue weighted by molar-refractivity contribution is 0.379. The minimum atomic E-state index is -0.412. The zero-order valence-corrected chi connectivity index (χ0v) is 18.7. The number of hydrogen-bond donors (Lipinski definition) is 1. The standard InChI is InChI=1S/C22H25N7O4/c1-26-19-18(20(30)27(2)22(26)31)29(21(24-19)28-10-8-23-9-11-28)13-16-12-17(25-33-16)14-4-6-15(32-3)7-5-14/h4-7,12,23H,8-11,13H2,1-3H3. The lowest BCUT2D eigenvalue weighted by atomic mass is 10.1. The largest absolute Gasteiger partial charge is 0.497 e. The molecule has 172 valence electrons. The minimum Gasteiger partial charge on any atom is -0.497 e. The Balaban J connectivity index is 1.60. The first-order valence-corrected chi connectivity index (χ1v) is 10.7. The Bertz CT molecular complexity index is 1420. The predicted molar refractivity (Wildman–Crippen MR) is 123 cm³/mol. The smallest absolute Gasteiger partial charge is 0.332 e. The van der Waals surface area contributed by atoms with Gasteiger partial charge in [-0.2, -0.15) is 4.98 Å². The highest BCUT2D eigenvalue weighted by Crippen LogP contribution is 2.25. The number of methoxy groups -OCH3 is 1. The van der Waals surface area contributed by atoms with E-state index < -0.39 is 11.2 Å². The summed E-state index contributed by atoms with van der Waals surface area (Å²) >= 11 is 0. The van der Waals surface area contributed by atoms with Crippen molar-refractivity contribution in [1.29, 1.82) is 0 Å². The molecule has 11 heteroatoms. The van der Waals surface area contributed by atoms with E-state index in [0.717, 1.165) is 42.1 Å². The summed E-state index contributed by atoms with van der Waals surface area (Å²) in [5.41, 5.74) is 1.48. The Hall–Kier alpha value is -3.86. The second-order valence-corrected chi connectivity index (χ2v) is 8.02. The Morgan fingerprint density at radius 2 is 1.82 bits per heavy atom. The number of anilines is 1. The van der Waals surface area contributed by atoms with Crippen molar-refractivity contribution >= 4 is 17.1 Å². The third-order valence-electron chi connectivity index (χ3n) is 5.99. The van der Waals surface area contributed by atoms with Gasteiger partial charge in [0.25, 0.3) is 5.56 Å². The average molecular weight is 451 g/mol. The van der Waals surface area contributed by atoms with Gasteiger partial charge in [0.05, 0.1) is 13.7 Å².